The summed E-state index contributed by atoms with van der Waals surface area (Å²) in [6.45, 7) is 0.594. The topological polar surface area (TPSA) is 55.1 Å². The maximum atomic E-state index is 12.4. The highest BCUT2D eigenvalue weighted by Gasteiger charge is 2.11. The van der Waals surface area contributed by atoms with E-state index in [-0.39, 0.29) is 5.91 Å². The first kappa shape index (κ1) is 17.0. The first-order valence-corrected chi connectivity index (χ1v) is 9.03. The van der Waals surface area contributed by atoms with Gasteiger partial charge in [-0.25, -0.2) is 4.98 Å². The van der Waals surface area contributed by atoms with Gasteiger partial charge in [0.05, 0.1) is 0 Å². The van der Waals surface area contributed by atoms with Gasteiger partial charge in [-0.15, -0.1) is 0 Å². The molecule has 4 heteroatoms. The number of hydrogen-bond acceptors (Lipinski definition) is 3. The van der Waals surface area contributed by atoms with Crippen molar-refractivity contribution in [2.24, 2.45) is 0 Å². The van der Waals surface area contributed by atoms with Gasteiger partial charge in [-0.1, -0.05) is 60.7 Å². The van der Waals surface area contributed by atoms with Gasteiger partial charge in [0, 0.05) is 18.5 Å². The van der Waals surface area contributed by atoms with E-state index in [0.717, 1.165) is 17.5 Å². The van der Waals surface area contributed by atoms with E-state index in [1.807, 2.05) is 54.6 Å². The molecule has 0 aliphatic carbocycles. The summed E-state index contributed by atoms with van der Waals surface area (Å²) in [6.07, 6.45) is 1.44. The minimum atomic E-state index is -0.103. The van der Waals surface area contributed by atoms with E-state index in [2.05, 4.69) is 22.4 Å². The van der Waals surface area contributed by atoms with Crippen LogP contribution in [0.15, 0.2) is 83.3 Å². The lowest BCUT2D eigenvalue weighted by atomic mass is 10.1. The molecule has 134 valence electrons. The molecule has 4 nitrogen and oxygen atoms in total. The maximum absolute atomic E-state index is 12.4. The third-order valence-electron chi connectivity index (χ3n) is 4.44. The summed E-state index contributed by atoms with van der Waals surface area (Å²) in [5.41, 5.74) is 4.33. The van der Waals surface area contributed by atoms with Crippen LogP contribution in [0.3, 0.4) is 0 Å². The van der Waals surface area contributed by atoms with Crippen molar-refractivity contribution in [3.63, 3.8) is 0 Å². The lowest BCUT2D eigenvalue weighted by Crippen LogP contribution is -2.25. The number of rotatable bonds is 6. The van der Waals surface area contributed by atoms with Gasteiger partial charge in [0.25, 0.3) is 5.91 Å². The van der Waals surface area contributed by atoms with Crippen molar-refractivity contribution in [1.29, 1.82) is 0 Å². The zero-order valence-corrected chi connectivity index (χ0v) is 14.9. The van der Waals surface area contributed by atoms with Gasteiger partial charge in [-0.3, -0.25) is 4.79 Å². The van der Waals surface area contributed by atoms with Gasteiger partial charge in [0.15, 0.2) is 11.5 Å². The van der Waals surface area contributed by atoms with Crippen molar-refractivity contribution in [1.82, 2.24) is 10.3 Å². The third kappa shape index (κ3) is 4.23. The Morgan fingerprint density at radius 1 is 0.889 bits per heavy atom. The second-order valence-corrected chi connectivity index (χ2v) is 6.44. The highest BCUT2D eigenvalue weighted by atomic mass is 16.3. The van der Waals surface area contributed by atoms with Gasteiger partial charge in [0.2, 0.25) is 0 Å². The molecule has 0 saturated heterocycles. The summed E-state index contributed by atoms with van der Waals surface area (Å²) >= 11 is 0. The van der Waals surface area contributed by atoms with Gasteiger partial charge in [-0.2, -0.15) is 0 Å². The van der Waals surface area contributed by atoms with E-state index in [0.29, 0.717) is 30.0 Å². The fourth-order valence-corrected chi connectivity index (χ4v) is 3.03. The van der Waals surface area contributed by atoms with Crippen LogP contribution in [0.4, 0.5) is 0 Å². The van der Waals surface area contributed by atoms with Gasteiger partial charge in [0.1, 0.15) is 5.52 Å². The Kier molecular flexibility index (Phi) is 4.97. The Labute approximate surface area is 157 Å². The summed E-state index contributed by atoms with van der Waals surface area (Å²) in [7, 11) is 0. The summed E-state index contributed by atoms with van der Waals surface area (Å²) in [4.78, 5) is 16.9. The average Bonchev–Trinajstić information content (AvgIpc) is 3.11. The predicted molar refractivity (Wildman–Crippen MR) is 106 cm³/mol. The third-order valence-corrected chi connectivity index (χ3v) is 4.44. The molecule has 1 aromatic heterocycles. The summed E-state index contributed by atoms with van der Waals surface area (Å²) < 4.78 is 5.85. The Hall–Kier alpha value is -3.40. The van der Waals surface area contributed by atoms with Crippen LogP contribution in [0.2, 0.25) is 0 Å². The number of carbonyl (C=O) groups is 1. The molecule has 0 aliphatic rings. The Balaban J connectivity index is 1.42. The summed E-state index contributed by atoms with van der Waals surface area (Å²) in [6, 6.07) is 25.5. The molecule has 27 heavy (non-hydrogen) atoms. The smallest absolute Gasteiger partial charge is 0.251 e. The first-order chi connectivity index (χ1) is 13.3. The molecule has 0 radical (unpaired) electrons. The Morgan fingerprint density at radius 3 is 2.33 bits per heavy atom. The summed E-state index contributed by atoms with van der Waals surface area (Å²) in [5, 5.41) is 2.96. The van der Waals surface area contributed by atoms with Crippen molar-refractivity contribution < 1.29 is 9.21 Å². The van der Waals surface area contributed by atoms with Crippen LogP contribution in [0.1, 0.15) is 27.4 Å². The Morgan fingerprint density at radius 2 is 1.59 bits per heavy atom. The highest BCUT2D eigenvalue weighted by Crippen LogP contribution is 2.19. The highest BCUT2D eigenvalue weighted by molar-refractivity contribution is 5.97. The normalized spacial score (nSPS) is 10.8. The van der Waals surface area contributed by atoms with E-state index in [4.69, 9.17) is 4.42 Å². The van der Waals surface area contributed by atoms with Crippen LogP contribution < -0.4 is 5.32 Å². The molecule has 0 unspecified atom stereocenters. The molecule has 0 bridgehead atoms. The number of benzene rings is 3. The van der Waals surface area contributed by atoms with Gasteiger partial charge >= 0.3 is 0 Å². The first-order valence-electron chi connectivity index (χ1n) is 9.03. The van der Waals surface area contributed by atoms with Crippen LogP contribution in [0.25, 0.3) is 11.1 Å². The molecule has 4 rings (SSSR count). The SMILES string of the molecule is O=C(NCCc1ccccc1)c1ccc2nc(Cc3ccccc3)oc2c1. The number of aromatic nitrogens is 1. The molecule has 1 heterocycles. The van der Waals surface area contributed by atoms with Crippen LogP contribution >= 0.6 is 0 Å². The van der Waals surface area contributed by atoms with Crippen molar-refractivity contribution in [3.8, 4) is 0 Å². The van der Waals surface area contributed by atoms with Gasteiger partial charge < -0.3 is 9.73 Å². The molecule has 3 aromatic carbocycles. The monoisotopic (exact) mass is 356 g/mol. The predicted octanol–water partition coefficient (Wildman–Crippen LogP) is 4.39. The van der Waals surface area contributed by atoms with Gasteiger partial charge in [-0.05, 0) is 35.7 Å². The molecule has 1 N–H and O–H groups in total. The molecular formula is C23H20N2O2. The second kappa shape index (κ2) is 7.87. The molecule has 4 aromatic rings. The molecule has 0 spiro atoms. The largest absolute Gasteiger partial charge is 0.440 e. The molecule has 0 aliphatic heterocycles. The Bertz CT molecular complexity index is 1040. The number of nitrogens with one attached hydrogen (secondary N) is 1. The van der Waals surface area contributed by atoms with Crippen molar-refractivity contribution in [2.75, 3.05) is 6.54 Å². The molecule has 1 amide bonds. The maximum Gasteiger partial charge on any atom is 0.251 e. The zero-order valence-electron chi connectivity index (χ0n) is 14.9. The van der Waals surface area contributed by atoms with Crippen molar-refractivity contribution in [2.45, 2.75) is 12.8 Å². The number of fused-ring (bicyclic) bond motifs is 1. The minimum absolute atomic E-state index is 0.103. The number of nitrogens with zero attached hydrogens (tertiary/aromatic N) is 1. The van der Waals surface area contributed by atoms with E-state index >= 15 is 0 Å². The van der Waals surface area contributed by atoms with E-state index in [1.165, 1.54) is 5.56 Å². The fraction of sp³-hybridized carbons (Fsp3) is 0.130. The standard InChI is InChI=1S/C23H20N2O2/c26-23(24-14-13-17-7-3-1-4-8-17)19-11-12-20-21(16-19)27-22(25-20)15-18-9-5-2-6-10-18/h1-12,16H,13-15H2,(H,24,26). The summed E-state index contributed by atoms with van der Waals surface area (Å²) in [5.74, 6) is 0.548. The molecule has 0 atom stereocenters. The van der Waals surface area contributed by atoms with Crippen molar-refractivity contribution >= 4 is 17.0 Å². The van der Waals surface area contributed by atoms with E-state index in [1.54, 1.807) is 12.1 Å². The number of carbonyl (C=O) groups excluding carboxylic acids is 1. The zero-order chi connectivity index (χ0) is 18.5. The van der Waals surface area contributed by atoms with Crippen LogP contribution in [0, 0.1) is 0 Å². The van der Waals surface area contributed by atoms with E-state index in [9.17, 15) is 4.79 Å². The van der Waals surface area contributed by atoms with E-state index < -0.39 is 0 Å². The lowest BCUT2D eigenvalue weighted by Gasteiger charge is -2.05. The lowest BCUT2D eigenvalue weighted by molar-refractivity contribution is 0.0954. The van der Waals surface area contributed by atoms with Crippen LogP contribution in [0.5, 0.6) is 0 Å². The molecule has 0 fully saturated rings. The average molecular weight is 356 g/mol. The second-order valence-electron chi connectivity index (χ2n) is 6.44. The quantitative estimate of drug-likeness (QED) is 0.557. The number of hydrogen-bond donors (Lipinski definition) is 1. The van der Waals surface area contributed by atoms with Crippen molar-refractivity contribution in [3.05, 3.63) is 101 Å². The number of oxazole rings is 1. The number of amides is 1. The molecular weight excluding hydrogens is 336 g/mol. The molecule has 0 saturated carbocycles. The van der Waals surface area contributed by atoms with Crippen LogP contribution in [-0.4, -0.2) is 17.4 Å². The fourth-order valence-electron chi connectivity index (χ4n) is 3.03. The minimum Gasteiger partial charge on any atom is -0.440 e. The van der Waals surface area contributed by atoms with Crippen LogP contribution in [-0.2, 0) is 12.8 Å².